The lowest BCUT2D eigenvalue weighted by Gasteiger charge is -2.07. The van der Waals surface area contributed by atoms with Gasteiger partial charge in [0.2, 0.25) is 6.49 Å². The number of methoxy groups -OCH3 is 1. The minimum atomic E-state index is -3.27. The van der Waals surface area contributed by atoms with Gasteiger partial charge in [-0.1, -0.05) is 0 Å². The van der Waals surface area contributed by atoms with Crippen LogP contribution in [0.1, 0.15) is 0 Å². The van der Waals surface area contributed by atoms with Crippen molar-refractivity contribution in [1.82, 2.24) is 0 Å². The van der Waals surface area contributed by atoms with Crippen LogP contribution in [-0.4, -0.2) is 16.9 Å². The zero-order chi connectivity index (χ0) is 9.19. The van der Waals surface area contributed by atoms with E-state index >= 15 is 0 Å². The molecule has 3 nitrogen and oxygen atoms in total. The smallest absolute Gasteiger partial charge is 0.214 e. The number of benzene rings is 1. The van der Waals surface area contributed by atoms with Gasteiger partial charge in [0.1, 0.15) is 5.75 Å². The van der Waals surface area contributed by atoms with Crippen molar-refractivity contribution in [2.24, 2.45) is 0 Å². The van der Waals surface area contributed by atoms with Gasteiger partial charge < -0.3 is 14.5 Å². The molecule has 2 N–H and O–H groups in total. The van der Waals surface area contributed by atoms with Crippen LogP contribution in [0.15, 0.2) is 24.3 Å². The van der Waals surface area contributed by atoms with Crippen molar-refractivity contribution < 1.29 is 14.5 Å². The Balaban J connectivity index is 3.01. The normalized spacial score (nSPS) is 11.2. The Hall–Kier alpha value is -0.410. The van der Waals surface area contributed by atoms with Crippen LogP contribution in [0.25, 0.3) is 0 Å². The lowest BCUT2D eigenvalue weighted by molar-refractivity contribution is 0.415. The minimum Gasteiger partial charge on any atom is -0.497 e. The molecule has 0 amide bonds. The molecule has 0 heterocycles. The number of ether oxygens (including phenoxy) is 1. The summed E-state index contributed by atoms with van der Waals surface area (Å²) >= 11 is 4.51. The monoisotopic (exact) mass is 204 g/mol. The lowest BCUT2D eigenvalue weighted by Crippen LogP contribution is -2.02. The molecule has 1 rings (SSSR count). The van der Waals surface area contributed by atoms with Crippen LogP contribution in [0.3, 0.4) is 0 Å². The maximum Gasteiger partial charge on any atom is 0.214 e. The average Bonchev–Trinajstić information content (AvgIpc) is 2.03. The average molecular weight is 204 g/mol. The maximum absolute atomic E-state index is 9.09. The number of rotatable bonds is 2. The molecule has 1 aromatic rings. The molecule has 66 valence electrons. The van der Waals surface area contributed by atoms with Crippen LogP contribution in [-0.2, 0) is 11.8 Å². The van der Waals surface area contributed by atoms with Crippen molar-refractivity contribution in [2.45, 2.75) is 0 Å². The van der Waals surface area contributed by atoms with E-state index in [4.69, 9.17) is 14.5 Å². The molecule has 1 aromatic carbocycles. The Morgan fingerprint density at radius 2 is 1.75 bits per heavy atom. The van der Waals surface area contributed by atoms with E-state index < -0.39 is 6.49 Å². The second-order valence-corrected chi connectivity index (χ2v) is 5.37. The van der Waals surface area contributed by atoms with Gasteiger partial charge >= 0.3 is 0 Å². The summed E-state index contributed by atoms with van der Waals surface area (Å²) in [5.41, 5.74) is 0. The van der Waals surface area contributed by atoms with E-state index in [9.17, 15) is 0 Å². The molecule has 0 atom stereocenters. The molecule has 0 bridgehead atoms. The summed E-state index contributed by atoms with van der Waals surface area (Å²) in [6.07, 6.45) is 0. The van der Waals surface area contributed by atoms with Gasteiger partial charge in [-0.15, -0.1) is 0 Å². The highest BCUT2D eigenvalue weighted by molar-refractivity contribution is 8.12. The Bertz CT molecular complexity index is 303. The van der Waals surface area contributed by atoms with Crippen molar-refractivity contribution in [2.75, 3.05) is 7.11 Å². The Morgan fingerprint density at radius 1 is 1.25 bits per heavy atom. The number of hydrogen-bond donors (Lipinski definition) is 2. The van der Waals surface area contributed by atoms with Crippen LogP contribution in [0.4, 0.5) is 0 Å². The van der Waals surface area contributed by atoms with E-state index in [1.165, 1.54) is 0 Å². The van der Waals surface area contributed by atoms with E-state index in [0.717, 1.165) is 0 Å². The zero-order valence-corrected chi connectivity index (χ0v) is 8.18. The fourth-order valence-electron chi connectivity index (χ4n) is 0.776. The topological polar surface area (TPSA) is 49.7 Å². The molecule has 0 unspecified atom stereocenters. The van der Waals surface area contributed by atoms with Crippen LogP contribution in [0.2, 0.25) is 0 Å². The van der Waals surface area contributed by atoms with Gasteiger partial charge in [0.15, 0.2) is 0 Å². The first-order valence-electron chi connectivity index (χ1n) is 3.24. The van der Waals surface area contributed by atoms with Crippen molar-refractivity contribution in [3.63, 3.8) is 0 Å². The van der Waals surface area contributed by atoms with Gasteiger partial charge in [0.05, 0.1) is 7.11 Å². The quantitative estimate of drug-likeness (QED) is 0.693. The largest absolute Gasteiger partial charge is 0.497 e. The zero-order valence-electron chi connectivity index (χ0n) is 6.47. The maximum atomic E-state index is 9.09. The molecule has 0 aliphatic carbocycles. The van der Waals surface area contributed by atoms with Gasteiger partial charge in [-0.2, -0.15) is 0 Å². The van der Waals surface area contributed by atoms with Crippen LogP contribution < -0.4 is 10.0 Å². The summed E-state index contributed by atoms with van der Waals surface area (Å²) < 4.78 is 4.90. The van der Waals surface area contributed by atoms with Crippen LogP contribution in [0.5, 0.6) is 5.75 Å². The Morgan fingerprint density at radius 3 is 2.08 bits per heavy atom. The predicted octanol–water partition coefficient (Wildman–Crippen LogP) is 0.615. The molecular weight excluding hydrogens is 195 g/mol. The van der Waals surface area contributed by atoms with E-state index in [0.29, 0.717) is 11.1 Å². The van der Waals surface area contributed by atoms with Crippen molar-refractivity contribution in [3.05, 3.63) is 24.3 Å². The molecule has 0 aliphatic rings. The molecule has 0 aromatic heterocycles. The van der Waals surface area contributed by atoms with Crippen LogP contribution >= 0.6 is 6.49 Å². The second kappa shape index (κ2) is 3.54. The first kappa shape index (κ1) is 9.68. The summed E-state index contributed by atoms with van der Waals surface area (Å²) in [6, 6.07) is 6.39. The molecule has 0 saturated heterocycles. The second-order valence-electron chi connectivity index (χ2n) is 2.24. The van der Waals surface area contributed by atoms with Gasteiger partial charge in [0, 0.05) is 5.30 Å². The third-order valence-corrected chi connectivity index (χ3v) is 3.01. The first-order chi connectivity index (χ1) is 5.54. The first-order valence-corrected chi connectivity index (χ1v) is 5.95. The molecule has 0 radical (unpaired) electrons. The summed E-state index contributed by atoms with van der Waals surface area (Å²) in [6.45, 7) is -3.27. The molecule has 0 aliphatic heterocycles. The fourth-order valence-corrected chi connectivity index (χ4v) is 1.68. The Labute approximate surface area is 75.8 Å². The standard InChI is InChI=1S/C7H9O3PS/c1-10-6-2-4-7(5-3-6)11(8,9)12/h2-5H,1H3,(H2,8,9,12). The van der Waals surface area contributed by atoms with Gasteiger partial charge in [-0.3, -0.25) is 0 Å². The summed E-state index contributed by atoms with van der Waals surface area (Å²) in [5.74, 6) is 0.669. The van der Waals surface area contributed by atoms with E-state index in [-0.39, 0.29) is 0 Å². The molecular formula is C7H9O3PS. The van der Waals surface area contributed by atoms with E-state index in [2.05, 4.69) is 11.8 Å². The molecule has 0 fully saturated rings. The van der Waals surface area contributed by atoms with Gasteiger partial charge in [-0.25, -0.2) is 0 Å². The summed E-state index contributed by atoms with van der Waals surface area (Å²) in [4.78, 5) is 18.2. The van der Waals surface area contributed by atoms with Crippen molar-refractivity contribution >= 4 is 23.6 Å². The SMILES string of the molecule is COc1ccc(P(O)(O)=S)cc1. The van der Waals surface area contributed by atoms with Crippen LogP contribution in [0, 0.1) is 0 Å². The fraction of sp³-hybridized carbons (Fsp3) is 0.143. The third-order valence-electron chi connectivity index (χ3n) is 1.41. The highest BCUT2D eigenvalue weighted by Crippen LogP contribution is 2.33. The minimum absolute atomic E-state index is 0.373. The third kappa shape index (κ3) is 2.29. The van der Waals surface area contributed by atoms with Gasteiger partial charge in [0.25, 0.3) is 0 Å². The molecule has 12 heavy (non-hydrogen) atoms. The highest BCUT2D eigenvalue weighted by atomic mass is 32.5. The lowest BCUT2D eigenvalue weighted by atomic mass is 10.3. The summed E-state index contributed by atoms with van der Waals surface area (Å²) in [7, 11) is 1.54. The molecule has 5 heteroatoms. The molecule has 0 saturated carbocycles. The number of hydrogen-bond acceptors (Lipinski definition) is 2. The van der Waals surface area contributed by atoms with Crippen molar-refractivity contribution in [3.8, 4) is 5.75 Å². The van der Waals surface area contributed by atoms with E-state index in [1.54, 1.807) is 31.4 Å². The predicted molar refractivity (Wildman–Crippen MR) is 51.4 cm³/mol. The Kier molecular flexibility index (Phi) is 2.85. The highest BCUT2D eigenvalue weighted by Gasteiger charge is 2.10. The summed E-state index contributed by atoms with van der Waals surface area (Å²) in [5, 5.41) is 0.373. The van der Waals surface area contributed by atoms with E-state index in [1.807, 2.05) is 0 Å². The van der Waals surface area contributed by atoms with Crippen molar-refractivity contribution in [1.29, 1.82) is 0 Å². The molecule has 0 spiro atoms. The van der Waals surface area contributed by atoms with Gasteiger partial charge in [-0.05, 0) is 36.1 Å².